The Labute approximate surface area is 92.0 Å². The second-order valence-corrected chi connectivity index (χ2v) is 3.52. The number of rotatable bonds is 4. The summed E-state index contributed by atoms with van der Waals surface area (Å²) in [6, 6.07) is 3.12. The number of nitrogens with zero attached hydrogens (tertiary/aromatic N) is 2. The van der Waals surface area contributed by atoms with Gasteiger partial charge in [-0.2, -0.15) is 0 Å². The van der Waals surface area contributed by atoms with Crippen LogP contribution in [0, 0.1) is 0 Å². The Morgan fingerprint density at radius 2 is 2.31 bits per heavy atom. The molecule has 0 atom stereocenters. The molecule has 0 aliphatic carbocycles. The third-order valence-electron chi connectivity index (χ3n) is 2.41. The predicted octanol–water partition coefficient (Wildman–Crippen LogP) is 0.957. The van der Waals surface area contributed by atoms with E-state index in [2.05, 4.69) is 4.98 Å². The molecular formula is C11H12N2O3. The summed E-state index contributed by atoms with van der Waals surface area (Å²) in [4.78, 5) is 15.0. The average Bonchev–Trinajstić information content (AvgIpc) is 2.68. The van der Waals surface area contributed by atoms with Gasteiger partial charge in [0.1, 0.15) is 5.82 Å². The molecule has 0 fully saturated rings. The SMILES string of the molecule is O=C(O)c1ccn2c(CCCO)ncc2c1. The predicted molar refractivity (Wildman–Crippen MR) is 57.6 cm³/mol. The maximum absolute atomic E-state index is 10.8. The third kappa shape index (κ3) is 1.90. The van der Waals surface area contributed by atoms with Gasteiger partial charge in [-0.15, -0.1) is 0 Å². The Balaban J connectivity index is 2.38. The van der Waals surface area contributed by atoms with Crippen molar-refractivity contribution in [2.24, 2.45) is 0 Å². The van der Waals surface area contributed by atoms with Crippen molar-refractivity contribution in [1.29, 1.82) is 0 Å². The molecule has 0 aliphatic rings. The minimum absolute atomic E-state index is 0.127. The molecule has 0 saturated heterocycles. The number of imidazole rings is 1. The van der Waals surface area contributed by atoms with Gasteiger partial charge < -0.3 is 14.6 Å². The summed E-state index contributed by atoms with van der Waals surface area (Å²) in [6.07, 6.45) is 4.66. The topological polar surface area (TPSA) is 74.8 Å². The zero-order valence-corrected chi connectivity index (χ0v) is 8.63. The van der Waals surface area contributed by atoms with Crippen molar-refractivity contribution in [3.8, 4) is 0 Å². The second kappa shape index (κ2) is 4.32. The number of hydrogen-bond acceptors (Lipinski definition) is 3. The Morgan fingerprint density at radius 3 is 3.00 bits per heavy atom. The van der Waals surface area contributed by atoms with Crippen LogP contribution in [0.2, 0.25) is 0 Å². The van der Waals surface area contributed by atoms with Gasteiger partial charge in [-0.1, -0.05) is 0 Å². The van der Waals surface area contributed by atoms with E-state index in [0.717, 1.165) is 11.3 Å². The van der Waals surface area contributed by atoms with E-state index in [0.29, 0.717) is 12.8 Å². The molecule has 0 unspecified atom stereocenters. The summed E-state index contributed by atoms with van der Waals surface area (Å²) in [7, 11) is 0. The van der Waals surface area contributed by atoms with Crippen LogP contribution in [-0.2, 0) is 6.42 Å². The van der Waals surface area contributed by atoms with Crippen LogP contribution in [0.1, 0.15) is 22.6 Å². The largest absolute Gasteiger partial charge is 0.478 e. The zero-order valence-electron chi connectivity index (χ0n) is 8.63. The molecule has 16 heavy (non-hydrogen) atoms. The summed E-state index contributed by atoms with van der Waals surface area (Å²) in [5.74, 6) is -0.110. The molecule has 2 aromatic rings. The summed E-state index contributed by atoms with van der Waals surface area (Å²) in [6.45, 7) is 0.127. The minimum Gasteiger partial charge on any atom is -0.478 e. The van der Waals surface area contributed by atoms with E-state index in [1.807, 2.05) is 4.40 Å². The fraction of sp³-hybridized carbons (Fsp3) is 0.273. The highest BCUT2D eigenvalue weighted by Crippen LogP contribution is 2.11. The van der Waals surface area contributed by atoms with Gasteiger partial charge in [0, 0.05) is 19.2 Å². The van der Waals surface area contributed by atoms with E-state index in [-0.39, 0.29) is 12.2 Å². The Kier molecular flexibility index (Phi) is 2.87. The van der Waals surface area contributed by atoms with Crippen LogP contribution in [-0.4, -0.2) is 32.2 Å². The van der Waals surface area contributed by atoms with Gasteiger partial charge in [0.15, 0.2) is 0 Å². The fourth-order valence-corrected chi connectivity index (χ4v) is 1.61. The second-order valence-electron chi connectivity index (χ2n) is 3.52. The van der Waals surface area contributed by atoms with Crippen molar-refractivity contribution in [3.63, 3.8) is 0 Å². The Hall–Kier alpha value is -1.88. The first-order valence-electron chi connectivity index (χ1n) is 5.02. The quantitative estimate of drug-likeness (QED) is 0.804. The number of carboxylic acid groups (broad SMARTS) is 1. The first-order valence-corrected chi connectivity index (χ1v) is 5.02. The molecule has 0 spiro atoms. The molecule has 5 nitrogen and oxygen atoms in total. The highest BCUT2D eigenvalue weighted by atomic mass is 16.4. The lowest BCUT2D eigenvalue weighted by atomic mass is 10.2. The summed E-state index contributed by atoms with van der Waals surface area (Å²) in [5.41, 5.74) is 1.01. The number of pyridine rings is 1. The summed E-state index contributed by atoms with van der Waals surface area (Å²) >= 11 is 0. The molecular weight excluding hydrogens is 208 g/mol. The van der Waals surface area contributed by atoms with Gasteiger partial charge in [-0.3, -0.25) is 0 Å². The van der Waals surface area contributed by atoms with Crippen LogP contribution < -0.4 is 0 Å². The van der Waals surface area contributed by atoms with Gasteiger partial charge in [-0.05, 0) is 18.6 Å². The summed E-state index contributed by atoms with van der Waals surface area (Å²) < 4.78 is 1.84. The molecule has 0 saturated carbocycles. The standard InChI is InChI=1S/C11H12N2O3/c14-5-1-2-10-12-7-9-6-8(11(15)16)3-4-13(9)10/h3-4,6-7,14H,1-2,5H2,(H,15,16). The van der Waals surface area contributed by atoms with Crippen molar-refractivity contribution >= 4 is 11.5 Å². The van der Waals surface area contributed by atoms with E-state index in [1.165, 1.54) is 0 Å². The molecule has 0 amide bonds. The maximum atomic E-state index is 10.8. The van der Waals surface area contributed by atoms with E-state index in [4.69, 9.17) is 10.2 Å². The lowest BCUT2D eigenvalue weighted by Crippen LogP contribution is -2.00. The van der Waals surface area contributed by atoms with Crippen molar-refractivity contribution in [2.75, 3.05) is 6.61 Å². The van der Waals surface area contributed by atoms with Crippen molar-refractivity contribution in [1.82, 2.24) is 9.38 Å². The number of fused-ring (bicyclic) bond motifs is 1. The van der Waals surface area contributed by atoms with Gasteiger partial charge in [0.2, 0.25) is 0 Å². The minimum atomic E-state index is -0.944. The smallest absolute Gasteiger partial charge is 0.335 e. The van der Waals surface area contributed by atoms with Crippen LogP contribution in [0.15, 0.2) is 24.5 Å². The molecule has 2 N–H and O–H groups in total. The molecule has 0 radical (unpaired) electrons. The number of aryl methyl sites for hydroxylation is 1. The van der Waals surface area contributed by atoms with Gasteiger partial charge in [0.05, 0.1) is 17.3 Å². The molecule has 0 aliphatic heterocycles. The molecule has 2 heterocycles. The van der Waals surface area contributed by atoms with Crippen molar-refractivity contribution in [2.45, 2.75) is 12.8 Å². The third-order valence-corrected chi connectivity index (χ3v) is 2.41. The van der Waals surface area contributed by atoms with Crippen molar-refractivity contribution in [3.05, 3.63) is 35.9 Å². The van der Waals surface area contributed by atoms with Gasteiger partial charge in [-0.25, -0.2) is 9.78 Å². The van der Waals surface area contributed by atoms with Gasteiger partial charge in [0.25, 0.3) is 0 Å². The summed E-state index contributed by atoms with van der Waals surface area (Å²) in [5, 5.41) is 17.6. The van der Waals surface area contributed by atoms with Crippen LogP contribution in [0.3, 0.4) is 0 Å². The van der Waals surface area contributed by atoms with Crippen molar-refractivity contribution < 1.29 is 15.0 Å². The highest BCUT2D eigenvalue weighted by molar-refractivity contribution is 5.88. The molecule has 2 aromatic heterocycles. The Morgan fingerprint density at radius 1 is 1.50 bits per heavy atom. The Bertz CT molecular complexity index is 519. The maximum Gasteiger partial charge on any atom is 0.335 e. The number of aromatic nitrogens is 2. The number of aliphatic hydroxyl groups excluding tert-OH is 1. The van der Waals surface area contributed by atoms with Crippen LogP contribution in [0.5, 0.6) is 0 Å². The normalized spacial score (nSPS) is 10.8. The van der Waals surface area contributed by atoms with Gasteiger partial charge >= 0.3 is 5.97 Å². The van der Waals surface area contributed by atoms with Crippen LogP contribution >= 0.6 is 0 Å². The first kappa shape index (κ1) is 10.6. The number of aliphatic hydroxyl groups is 1. The zero-order chi connectivity index (χ0) is 11.5. The first-order chi connectivity index (χ1) is 7.72. The van der Waals surface area contributed by atoms with Crippen LogP contribution in [0.4, 0.5) is 0 Å². The molecule has 84 valence electrons. The number of aromatic carboxylic acids is 1. The molecule has 5 heteroatoms. The average molecular weight is 220 g/mol. The molecule has 0 aromatic carbocycles. The molecule has 2 rings (SSSR count). The number of hydrogen-bond donors (Lipinski definition) is 2. The van der Waals surface area contributed by atoms with E-state index in [9.17, 15) is 4.79 Å². The lowest BCUT2D eigenvalue weighted by molar-refractivity contribution is 0.0697. The highest BCUT2D eigenvalue weighted by Gasteiger charge is 2.07. The lowest BCUT2D eigenvalue weighted by Gasteiger charge is -2.01. The monoisotopic (exact) mass is 220 g/mol. The van der Waals surface area contributed by atoms with E-state index < -0.39 is 5.97 Å². The molecule has 0 bridgehead atoms. The van der Waals surface area contributed by atoms with E-state index >= 15 is 0 Å². The number of carbonyl (C=O) groups is 1. The van der Waals surface area contributed by atoms with E-state index in [1.54, 1.807) is 24.5 Å². The van der Waals surface area contributed by atoms with Crippen LogP contribution in [0.25, 0.3) is 5.52 Å². The fourth-order valence-electron chi connectivity index (χ4n) is 1.61. The number of carboxylic acids is 1.